The first-order valence-corrected chi connectivity index (χ1v) is 10.6. The highest BCUT2D eigenvalue weighted by atomic mass is 32.1. The number of aliphatic hydroxyl groups is 1. The first kappa shape index (κ1) is 20.8. The minimum atomic E-state index is -0.645. The number of ether oxygens (including phenoxy) is 1. The molecule has 2 aromatic heterocycles. The van der Waals surface area contributed by atoms with E-state index in [4.69, 9.17) is 4.74 Å². The van der Waals surface area contributed by atoms with Crippen LogP contribution in [-0.4, -0.2) is 34.1 Å². The van der Waals surface area contributed by atoms with Gasteiger partial charge in [-0.1, -0.05) is 41.7 Å². The van der Waals surface area contributed by atoms with Crippen LogP contribution < -0.4 is 15.4 Å². The van der Waals surface area contributed by atoms with E-state index < -0.39 is 6.10 Å². The van der Waals surface area contributed by atoms with Crippen molar-refractivity contribution >= 4 is 32.6 Å². The maximum Gasteiger partial charge on any atom is 0.269 e. The number of aromatic nitrogens is 2. The molecule has 4 aromatic rings. The van der Waals surface area contributed by atoms with E-state index in [1.807, 2.05) is 55.5 Å². The number of thiazole rings is 1. The number of pyridine rings is 1. The number of rotatable bonds is 7. The van der Waals surface area contributed by atoms with Crippen molar-refractivity contribution in [1.29, 1.82) is 0 Å². The summed E-state index contributed by atoms with van der Waals surface area (Å²) in [5, 5.41) is 17.1. The molecule has 0 fully saturated rings. The molecule has 2 aromatic carbocycles. The van der Waals surface area contributed by atoms with Gasteiger partial charge >= 0.3 is 0 Å². The molecule has 0 saturated heterocycles. The minimum absolute atomic E-state index is 0.210. The lowest BCUT2D eigenvalue weighted by Crippen LogP contribution is -2.23. The molecule has 0 unspecified atom stereocenters. The molecular weight excluding hydrogens is 412 g/mol. The number of carbonyl (C=O) groups excluding carboxylic acids is 1. The summed E-state index contributed by atoms with van der Waals surface area (Å²) in [6.07, 6.45) is 0.889. The average Bonchev–Trinajstić information content (AvgIpc) is 3.20. The summed E-state index contributed by atoms with van der Waals surface area (Å²) in [6.45, 7) is 1.92. The summed E-state index contributed by atoms with van der Waals surface area (Å²) in [4.78, 5) is 20.4. The second kappa shape index (κ2) is 9.11. The average molecular weight is 435 g/mol. The first-order chi connectivity index (χ1) is 15.0. The minimum Gasteiger partial charge on any atom is -0.457 e. The van der Waals surface area contributed by atoms with Crippen LogP contribution in [0.4, 0.5) is 5.13 Å². The number of benzene rings is 2. The van der Waals surface area contributed by atoms with Gasteiger partial charge in [-0.3, -0.25) is 9.78 Å². The Labute approximate surface area is 183 Å². The second-order valence-corrected chi connectivity index (χ2v) is 8.03. The summed E-state index contributed by atoms with van der Waals surface area (Å²) < 4.78 is 6.85. The molecule has 0 spiro atoms. The molecule has 0 aliphatic heterocycles. The molecule has 0 aliphatic carbocycles. The first-order valence-electron chi connectivity index (χ1n) is 9.79. The fraction of sp³-hybridized carbons (Fsp3) is 0.174. The van der Waals surface area contributed by atoms with E-state index in [0.29, 0.717) is 11.5 Å². The van der Waals surface area contributed by atoms with Crippen molar-refractivity contribution in [2.24, 2.45) is 0 Å². The van der Waals surface area contributed by atoms with Crippen LogP contribution in [0.1, 0.15) is 29.1 Å². The molecule has 158 valence electrons. The number of hydrogen-bond donors (Lipinski definition) is 3. The molecule has 3 N–H and O–H groups in total. The van der Waals surface area contributed by atoms with Crippen molar-refractivity contribution in [3.05, 3.63) is 78.1 Å². The van der Waals surface area contributed by atoms with Crippen LogP contribution in [-0.2, 0) is 0 Å². The SMILES string of the molecule is CNC(=O)c1cc(Oc2ccc3nc(N[C@H](C)[C@@H](O)c4ccccc4)sc3c2)ccn1. The fourth-order valence-electron chi connectivity index (χ4n) is 3.11. The van der Waals surface area contributed by atoms with E-state index in [1.54, 1.807) is 19.2 Å². The van der Waals surface area contributed by atoms with Crippen molar-refractivity contribution in [2.75, 3.05) is 12.4 Å². The lowest BCUT2D eigenvalue weighted by Gasteiger charge is -2.20. The maximum atomic E-state index is 11.8. The predicted molar refractivity (Wildman–Crippen MR) is 122 cm³/mol. The summed E-state index contributed by atoms with van der Waals surface area (Å²) >= 11 is 1.48. The van der Waals surface area contributed by atoms with E-state index in [2.05, 4.69) is 20.6 Å². The fourth-order valence-corrected chi connectivity index (χ4v) is 4.10. The van der Waals surface area contributed by atoms with Gasteiger partial charge in [0.25, 0.3) is 5.91 Å². The van der Waals surface area contributed by atoms with Crippen LogP contribution in [0.25, 0.3) is 10.2 Å². The standard InChI is InChI=1S/C23H22N4O3S/c1-14(21(28)15-6-4-3-5-7-15)26-23-27-18-9-8-16(13-20(18)31-23)30-17-10-11-25-19(12-17)22(29)24-2/h3-14,21,28H,1-2H3,(H,24,29)(H,26,27)/t14-,21-/m1/s1. The molecule has 2 heterocycles. The number of amides is 1. The van der Waals surface area contributed by atoms with Crippen molar-refractivity contribution in [2.45, 2.75) is 19.1 Å². The van der Waals surface area contributed by atoms with Crippen molar-refractivity contribution < 1.29 is 14.6 Å². The Bertz CT molecular complexity index is 1200. The largest absolute Gasteiger partial charge is 0.457 e. The Morgan fingerprint density at radius 3 is 2.65 bits per heavy atom. The van der Waals surface area contributed by atoms with Crippen LogP contribution in [0.2, 0.25) is 0 Å². The second-order valence-electron chi connectivity index (χ2n) is 7.00. The highest BCUT2D eigenvalue weighted by molar-refractivity contribution is 7.22. The third-order valence-corrected chi connectivity index (χ3v) is 5.70. The van der Waals surface area contributed by atoms with Gasteiger partial charge in [0.2, 0.25) is 0 Å². The highest BCUT2D eigenvalue weighted by Crippen LogP contribution is 2.32. The van der Waals surface area contributed by atoms with Gasteiger partial charge < -0.3 is 20.5 Å². The zero-order chi connectivity index (χ0) is 21.8. The van der Waals surface area contributed by atoms with Crippen molar-refractivity contribution in [1.82, 2.24) is 15.3 Å². The summed E-state index contributed by atoms with van der Waals surface area (Å²) in [5.41, 5.74) is 1.98. The van der Waals surface area contributed by atoms with Crippen LogP contribution >= 0.6 is 11.3 Å². The van der Waals surface area contributed by atoms with Crippen molar-refractivity contribution in [3.8, 4) is 11.5 Å². The topological polar surface area (TPSA) is 96.4 Å². The van der Waals surface area contributed by atoms with Crippen LogP contribution in [0.3, 0.4) is 0 Å². The number of nitrogens with zero attached hydrogens (tertiary/aromatic N) is 2. The van der Waals surface area contributed by atoms with E-state index in [0.717, 1.165) is 20.9 Å². The molecule has 2 atom stereocenters. The Morgan fingerprint density at radius 2 is 1.87 bits per heavy atom. The van der Waals surface area contributed by atoms with Crippen LogP contribution in [0.5, 0.6) is 11.5 Å². The van der Waals surface area contributed by atoms with Gasteiger partial charge in [0.05, 0.1) is 22.4 Å². The molecule has 7 nitrogen and oxygen atoms in total. The zero-order valence-corrected chi connectivity index (χ0v) is 17.9. The van der Waals surface area contributed by atoms with Crippen LogP contribution in [0.15, 0.2) is 66.9 Å². The number of hydrogen-bond acceptors (Lipinski definition) is 7. The molecule has 8 heteroatoms. The van der Waals surface area contributed by atoms with Gasteiger partial charge in [-0.15, -0.1) is 0 Å². The summed E-state index contributed by atoms with van der Waals surface area (Å²) in [5.74, 6) is 0.885. The number of fused-ring (bicyclic) bond motifs is 1. The third-order valence-electron chi connectivity index (χ3n) is 4.75. The van der Waals surface area contributed by atoms with Gasteiger partial charge in [0.1, 0.15) is 17.2 Å². The third kappa shape index (κ3) is 4.82. The number of nitrogens with one attached hydrogen (secondary N) is 2. The van der Waals surface area contributed by atoms with Crippen molar-refractivity contribution in [3.63, 3.8) is 0 Å². The highest BCUT2D eigenvalue weighted by Gasteiger charge is 2.17. The summed E-state index contributed by atoms with van der Waals surface area (Å²) in [6, 6.07) is 18.2. The van der Waals surface area contributed by atoms with E-state index in [1.165, 1.54) is 17.5 Å². The molecular formula is C23H22N4O3S. The van der Waals surface area contributed by atoms with E-state index in [-0.39, 0.29) is 17.6 Å². The van der Waals surface area contributed by atoms with Gasteiger partial charge in [-0.2, -0.15) is 0 Å². The molecule has 0 saturated carbocycles. The van der Waals surface area contributed by atoms with E-state index in [9.17, 15) is 9.90 Å². The van der Waals surface area contributed by atoms with Gasteiger partial charge in [-0.25, -0.2) is 4.98 Å². The molecule has 31 heavy (non-hydrogen) atoms. The lowest BCUT2D eigenvalue weighted by molar-refractivity contribution is 0.0958. The Morgan fingerprint density at radius 1 is 1.10 bits per heavy atom. The lowest BCUT2D eigenvalue weighted by atomic mass is 10.0. The zero-order valence-electron chi connectivity index (χ0n) is 17.1. The number of carbonyl (C=O) groups is 1. The maximum absolute atomic E-state index is 11.8. The molecule has 0 radical (unpaired) electrons. The van der Waals surface area contributed by atoms with Gasteiger partial charge in [0, 0.05) is 25.4 Å². The predicted octanol–water partition coefficient (Wildman–Crippen LogP) is 4.38. The molecule has 0 bridgehead atoms. The smallest absolute Gasteiger partial charge is 0.269 e. The quantitative estimate of drug-likeness (QED) is 0.400. The molecule has 4 rings (SSSR count). The molecule has 0 aliphatic rings. The molecule has 1 amide bonds. The summed E-state index contributed by atoms with van der Waals surface area (Å²) in [7, 11) is 1.56. The Balaban J connectivity index is 1.49. The Hall–Kier alpha value is -3.49. The number of anilines is 1. The van der Waals surface area contributed by atoms with Crippen LogP contribution in [0, 0.1) is 0 Å². The Kier molecular flexibility index (Phi) is 6.11. The van der Waals surface area contributed by atoms with E-state index >= 15 is 0 Å². The number of aliphatic hydroxyl groups excluding tert-OH is 1. The normalized spacial score (nSPS) is 12.9. The van der Waals surface area contributed by atoms with Gasteiger partial charge in [-0.05, 0) is 30.7 Å². The monoisotopic (exact) mass is 434 g/mol. The van der Waals surface area contributed by atoms with Gasteiger partial charge in [0.15, 0.2) is 5.13 Å².